The van der Waals surface area contributed by atoms with Crippen LogP contribution in [-0.2, 0) is 6.61 Å². The third kappa shape index (κ3) is 2.76. The summed E-state index contributed by atoms with van der Waals surface area (Å²) in [5.74, 6) is 0.683. The molecule has 1 heterocycles. The first-order valence-corrected chi connectivity index (χ1v) is 8.09. The fourth-order valence-electron chi connectivity index (χ4n) is 2.60. The molecule has 0 saturated carbocycles. The van der Waals surface area contributed by atoms with Gasteiger partial charge < -0.3 is 4.74 Å². The number of non-ortho nitro benzene ring substituents is 1. The molecule has 1 aliphatic rings. The van der Waals surface area contributed by atoms with Gasteiger partial charge in [-0.15, -0.1) is 0 Å². The van der Waals surface area contributed by atoms with Crippen LogP contribution in [0.15, 0.2) is 48.5 Å². The molecule has 112 valence electrons. The van der Waals surface area contributed by atoms with Crippen molar-refractivity contribution in [2.45, 2.75) is 13.0 Å². The Balaban J connectivity index is 2.21. The molecule has 0 aliphatic carbocycles. The van der Waals surface area contributed by atoms with E-state index in [1.54, 1.807) is 12.1 Å². The summed E-state index contributed by atoms with van der Waals surface area (Å²) >= 11 is 3.43. The average molecular weight is 360 g/mol. The van der Waals surface area contributed by atoms with E-state index in [0.717, 1.165) is 34.0 Å². The highest BCUT2D eigenvalue weighted by Crippen LogP contribution is 2.38. The Morgan fingerprint density at radius 3 is 2.82 bits per heavy atom. The molecule has 1 aliphatic heterocycles. The maximum Gasteiger partial charge on any atom is 0.270 e. The molecule has 22 heavy (non-hydrogen) atoms. The van der Waals surface area contributed by atoms with E-state index in [2.05, 4.69) is 22.0 Å². The average Bonchev–Trinajstić information content (AvgIpc) is 2.69. The highest BCUT2D eigenvalue weighted by atomic mass is 79.9. The second-order valence-corrected chi connectivity index (χ2v) is 5.77. The van der Waals surface area contributed by atoms with Gasteiger partial charge in [-0.25, -0.2) is 0 Å². The molecule has 0 unspecified atom stereocenters. The number of nitro benzene ring substituents is 1. The molecule has 0 radical (unpaired) electrons. The van der Waals surface area contributed by atoms with E-state index >= 15 is 0 Å². The van der Waals surface area contributed by atoms with Crippen LogP contribution in [0, 0.1) is 10.1 Å². The summed E-state index contributed by atoms with van der Waals surface area (Å²) < 4.78 is 5.84. The second-order valence-electron chi connectivity index (χ2n) is 4.98. The number of nitro groups is 1. The van der Waals surface area contributed by atoms with Crippen molar-refractivity contribution in [1.82, 2.24) is 0 Å². The van der Waals surface area contributed by atoms with Crippen molar-refractivity contribution in [3.8, 4) is 5.75 Å². The van der Waals surface area contributed by atoms with Gasteiger partial charge in [0.25, 0.3) is 5.69 Å². The number of allylic oxidation sites excluding steroid dienone is 1. The van der Waals surface area contributed by atoms with Gasteiger partial charge >= 0.3 is 0 Å². The van der Waals surface area contributed by atoms with E-state index in [0.29, 0.717) is 12.4 Å². The van der Waals surface area contributed by atoms with Gasteiger partial charge in [-0.1, -0.05) is 46.3 Å². The van der Waals surface area contributed by atoms with Crippen LogP contribution in [0.1, 0.15) is 23.1 Å². The van der Waals surface area contributed by atoms with Crippen molar-refractivity contribution in [2.24, 2.45) is 0 Å². The Labute approximate surface area is 136 Å². The number of alkyl halides is 1. The van der Waals surface area contributed by atoms with Crippen molar-refractivity contribution in [3.05, 3.63) is 75.3 Å². The Morgan fingerprint density at radius 2 is 2.05 bits per heavy atom. The summed E-state index contributed by atoms with van der Waals surface area (Å²) in [7, 11) is 0. The predicted molar refractivity (Wildman–Crippen MR) is 89.4 cm³/mol. The summed E-state index contributed by atoms with van der Waals surface area (Å²) in [5, 5.41) is 11.9. The van der Waals surface area contributed by atoms with Gasteiger partial charge in [0.2, 0.25) is 0 Å². The van der Waals surface area contributed by atoms with Gasteiger partial charge in [0.15, 0.2) is 0 Å². The number of benzene rings is 2. The molecular formula is C17H14BrNO3. The van der Waals surface area contributed by atoms with Gasteiger partial charge in [0, 0.05) is 23.0 Å². The van der Waals surface area contributed by atoms with Crippen LogP contribution >= 0.6 is 15.9 Å². The molecule has 5 heteroatoms. The zero-order chi connectivity index (χ0) is 15.5. The standard InChI is InChI=1S/C17H14BrNO3/c18-9-3-6-15-14-5-2-1-4-12(14)11-22-17-8-7-13(19(20)21)10-16(15)17/h1-2,4-8,10H,3,9,11H2. The molecule has 2 aromatic carbocycles. The minimum atomic E-state index is -0.376. The first-order chi connectivity index (χ1) is 10.7. The normalized spacial score (nSPS) is 14.7. The van der Waals surface area contributed by atoms with Crippen molar-refractivity contribution >= 4 is 27.2 Å². The number of halogens is 1. The fourth-order valence-corrected chi connectivity index (χ4v) is 2.83. The number of hydrogen-bond donors (Lipinski definition) is 0. The quantitative estimate of drug-likeness (QED) is 0.453. The first-order valence-electron chi connectivity index (χ1n) is 6.96. The number of nitrogens with zero attached hydrogens (tertiary/aromatic N) is 1. The molecule has 0 N–H and O–H groups in total. The zero-order valence-corrected chi connectivity index (χ0v) is 13.4. The summed E-state index contributed by atoms with van der Waals surface area (Å²) in [4.78, 5) is 10.7. The third-order valence-corrected chi connectivity index (χ3v) is 4.07. The van der Waals surface area contributed by atoms with Gasteiger partial charge in [-0.2, -0.15) is 0 Å². The van der Waals surface area contributed by atoms with E-state index in [-0.39, 0.29) is 10.6 Å². The summed E-state index contributed by atoms with van der Waals surface area (Å²) in [6, 6.07) is 12.8. The van der Waals surface area contributed by atoms with Crippen LogP contribution in [-0.4, -0.2) is 10.3 Å². The minimum Gasteiger partial charge on any atom is -0.488 e. The summed E-state index contributed by atoms with van der Waals surface area (Å²) in [6.45, 7) is 0.465. The Bertz CT molecular complexity index is 755. The molecule has 0 saturated heterocycles. The lowest BCUT2D eigenvalue weighted by atomic mass is 9.93. The van der Waals surface area contributed by atoms with E-state index in [1.165, 1.54) is 6.07 Å². The molecule has 3 rings (SSSR count). The van der Waals surface area contributed by atoms with Gasteiger partial charge in [-0.05, 0) is 29.2 Å². The predicted octanol–water partition coefficient (Wildman–Crippen LogP) is 4.70. The van der Waals surface area contributed by atoms with E-state index in [4.69, 9.17) is 4.74 Å². The van der Waals surface area contributed by atoms with Crippen LogP contribution in [0.25, 0.3) is 5.57 Å². The highest BCUT2D eigenvalue weighted by Gasteiger charge is 2.21. The molecule has 0 amide bonds. The number of ether oxygens (including phenoxy) is 1. The van der Waals surface area contributed by atoms with Gasteiger partial charge in [0.1, 0.15) is 12.4 Å². The lowest BCUT2D eigenvalue weighted by Crippen LogP contribution is -1.95. The van der Waals surface area contributed by atoms with Crippen molar-refractivity contribution in [2.75, 3.05) is 5.33 Å². The fraction of sp³-hybridized carbons (Fsp3) is 0.176. The first kappa shape index (κ1) is 14.8. The van der Waals surface area contributed by atoms with E-state index in [9.17, 15) is 10.1 Å². The summed E-state index contributed by atoms with van der Waals surface area (Å²) in [5.41, 5.74) is 4.00. The monoisotopic (exact) mass is 359 g/mol. The minimum absolute atomic E-state index is 0.0754. The largest absolute Gasteiger partial charge is 0.488 e. The molecule has 0 aromatic heterocycles. The van der Waals surface area contributed by atoms with Gasteiger partial charge in [0.05, 0.1) is 4.92 Å². The van der Waals surface area contributed by atoms with Crippen LogP contribution < -0.4 is 4.74 Å². The summed E-state index contributed by atoms with van der Waals surface area (Å²) in [6.07, 6.45) is 2.94. The SMILES string of the molecule is O=[N+]([O-])c1ccc2c(c1)C(=CCCBr)c1ccccc1CO2. The molecular weight excluding hydrogens is 346 g/mol. The zero-order valence-electron chi connectivity index (χ0n) is 11.8. The molecule has 0 atom stereocenters. The molecule has 0 spiro atoms. The Hall–Kier alpha value is -2.14. The van der Waals surface area contributed by atoms with Crippen LogP contribution in [0.4, 0.5) is 5.69 Å². The maximum atomic E-state index is 11.1. The lowest BCUT2D eigenvalue weighted by Gasteiger charge is -2.10. The topological polar surface area (TPSA) is 52.4 Å². The van der Waals surface area contributed by atoms with E-state index < -0.39 is 0 Å². The number of rotatable bonds is 3. The molecule has 0 bridgehead atoms. The smallest absolute Gasteiger partial charge is 0.270 e. The highest BCUT2D eigenvalue weighted by molar-refractivity contribution is 9.09. The number of hydrogen-bond acceptors (Lipinski definition) is 3. The third-order valence-electron chi connectivity index (χ3n) is 3.61. The molecule has 2 aromatic rings. The van der Waals surface area contributed by atoms with E-state index in [1.807, 2.05) is 24.3 Å². The van der Waals surface area contributed by atoms with Crippen molar-refractivity contribution in [3.63, 3.8) is 0 Å². The van der Waals surface area contributed by atoms with Gasteiger partial charge in [-0.3, -0.25) is 10.1 Å². The Morgan fingerprint density at radius 1 is 1.23 bits per heavy atom. The Kier molecular flexibility index (Phi) is 4.24. The van der Waals surface area contributed by atoms with Crippen LogP contribution in [0.5, 0.6) is 5.75 Å². The maximum absolute atomic E-state index is 11.1. The molecule has 0 fully saturated rings. The van der Waals surface area contributed by atoms with Crippen molar-refractivity contribution in [1.29, 1.82) is 0 Å². The van der Waals surface area contributed by atoms with Crippen LogP contribution in [0.2, 0.25) is 0 Å². The number of fused-ring (bicyclic) bond motifs is 2. The van der Waals surface area contributed by atoms with Crippen LogP contribution in [0.3, 0.4) is 0 Å². The lowest BCUT2D eigenvalue weighted by molar-refractivity contribution is -0.384. The molecule has 4 nitrogen and oxygen atoms in total. The second kappa shape index (κ2) is 6.32. The van der Waals surface area contributed by atoms with Crippen molar-refractivity contribution < 1.29 is 9.66 Å².